The van der Waals surface area contributed by atoms with E-state index in [1.807, 2.05) is 18.2 Å². The van der Waals surface area contributed by atoms with Gasteiger partial charge in [-0.1, -0.05) is 11.6 Å². The predicted octanol–water partition coefficient (Wildman–Crippen LogP) is 2.20. The summed E-state index contributed by atoms with van der Waals surface area (Å²) in [4.78, 5) is 18.0. The minimum Gasteiger partial charge on any atom is -0.383 e. The third-order valence-electron chi connectivity index (χ3n) is 5.05. The van der Waals surface area contributed by atoms with Gasteiger partial charge in [0.25, 0.3) is 0 Å². The Balaban J connectivity index is 1.87. The lowest BCUT2D eigenvalue weighted by Crippen LogP contribution is -2.44. The summed E-state index contributed by atoms with van der Waals surface area (Å²) in [6, 6.07) is 8.75. The van der Waals surface area contributed by atoms with E-state index in [9.17, 15) is 15.2 Å². The fraction of sp³-hybridized carbons (Fsp3) is 0.318. The molecule has 0 saturated carbocycles. The van der Waals surface area contributed by atoms with Gasteiger partial charge in [-0.25, -0.2) is 4.98 Å². The maximum absolute atomic E-state index is 12.4. The molecule has 1 aliphatic heterocycles. The largest absolute Gasteiger partial charge is 0.383 e. The molecule has 1 amide bonds. The number of anilines is 3. The van der Waals surface area contributed by atoms with Crippen molar-refractivity contribution in [1.82, 2.24) is 15.6 Å². The number of benzene rings is 1. The number of pyridine rings is 1. The second kappa shape index (κ2) is 10.3. The number of hydrogen-bond donors (Lipinski definition) is 4. The van der Waals surface area contributed by atoms with Crippen LogP contribution in [-0.4, -0.2) is 55.6 Å². The van der Waals surface area contributed by atoms with Gasteiger partial charge < -0.3 is 30.7 Å². The standard InChI is InChI=1S/C22H25ClN6O3/c1-13(22(31)26-8-9-32-3)27-18-11-20(30)29(2)19-5-4-14(10-15(18)19)28-17-6-7-25-21(23)16(17)12-24/h4-7,10-11,13,20,27,30H,8-9H2,1-3H3,(H,25,28)(H,26,31)/t13-,20?/m1/s1. The molecule has 168 valence electrons. The second-order valence-corrected chi connectivity index (χ2v) is 7.61. The molecule has 0 saturated heterocycles. The fourth-order valence-corrected chi connectivity index (χ4v) is 3.49. The van der Waals surface area contributed by atoms with Crippen molar-refractivity contribution in [2.45, 2.75) is 19.2 Å². The van der Waals surface area contributed by atoms with Crippen LogP contribution in [0.3, 0.4) is 0 Å². The number of ether oxygens (including phenoxy) is 1. The topological polar surface area (TPSA) is 123 Å². The van der Waals surface area contributed by atoms with Gasteiger partial charge in [-0.05, 0) is 37.3 Å². The van der Waals surface area contributed by atoms with Crippen LogP contribution in [0.25, 0.3) is 5.70 Å². The zero-order valence-electron chi connectivity index (χ0n) is 18.0. The van der Waals surface area contributed by atoms with E-state index < -0.39 is 12.3 Å². The number of aliphatic hydroxyl groups excluding tert-OH is 1. The van der Waals surface area contributed by atoms with E-state index in [1.165, 1.54) is 6.20 Å². The van der Waals surface area contributed by atoms with Crippen LogP contribution in [0.1, 0.15) is 18.1 Å². The molecular weight excluding hydrogens is 432 g/mol. The van der Waals surface area contributed by atoms with Crippen molar-refractivity contribution >= 4 is 40.3 Å². The molecular formula is C22H25ClN6O3. The summed E-state index contributed by atoms with van der Waals surface area (Å²) < 4.78 is 4.96. The normalized spacial score (nSPS) is 15.8. The smallest absolute Gasteiger partial charge is 0.242 e. The van der Waals surface area contributed by atoms with Crippen molar-refractivity contribution in [3.63, 3.8) is 0 Å². The number of nitrogens with zero attached hydrogens (tertiary/aromatic N) is 3. The molecule has 0 aliphatic carbocycles. The molecule has 1 unspecified atom stereocenters. The van der Waals surface area contributed by atoms with E-state index in [0.29, 0.717) is 30.2 Å². The number of aromatic nitrogens is 1. The van der Waals surface area contributed by atoms with Gasteiger partial charge in [0.2, 0.25) is 5.91 Å². The van der Waals surface area contributed by atoms with E-state index in [4.69, 9.17) is 16.3 Å². The molecule has 1 aromatic heterocycles. The number of fused-ring (bicyclic) bond motifs is 1. The van der Waals surface area contributed by atoms with Crippen molar-refractivity contribution in [3.8, 4) is 6.07 Å². The molecule has 0 spiro atoms. The van der Waals surface area contributed by atoms with E-state index in [0.717, 1.165) is 11.3 Å². The maximum atomic E-state index is 12.4. The molecule has 1 aliphatic rings. The van der Waals surface area contributed by atoms with Crippen molar-refractivity contribution in [3.05, 3.63) is 52.8 Å². The average Bonchev–Trinajstić information content (AvgIpc) is 2.77. The molecule has 0 bridgehead atoms. The number of nitriles is 1. The summed E-state index contributed by atoms with van der Waals surface area (Å²) >= 11 is 6.03. The lowest BCUT2D eigenvalue weighted by molar-refractivity contribution is -0.122. The SMILES string of the molecule is COCCNC(=O)[C@@H](C)NC1=CC(O)N(C)c2ccc(Nc3ccnc(Cl)c3C#N)cc21. The molecule has 4 N–H and O–H groups in total. The van der Waals surface area contributed by atoms with Crippen LogP contribution < -0.4 is 20.9 Å². The summed E-state index contributed by atoms with van der Waals surface area (Å²) in [6.07, 6.45) is 2.32. The van der Waals surface area contributed by atoms with Gasteiger partial charge in [0, 0.05) is 49.5 Å². The second-order valence-electron chi connectivity index (χ2n) is 7.25. The highest BCUT2D eigenvalue weighted by Gasteiger charge is 2.25. The highest BCUT2D eigenvalue weighted by molar-refractivity contribution is 6.31. The van der Waals surface area contributed by atoms with Crippen molar-refractivity contribution in [2.24, 2.45) is 0 Å². The van der Waals surface area contributed by atoms with Crippen LogP contribution in [-0.2, 0) is 9.53 Å². The predicted molar refractivity (Wildman–Crippen MR) is 124 cm³/mol. The maximum Gasteiger partial charge on any atom is 0.242 e. The third kappa shape index (κ3) is 5.11. The summed E-state index contributed by atoms with van der Waals surface area (Å²) in [5.41, 5.74) is 3.68. The summed E-state index contributed by atoms with van der Waals surface area (Å²) in [7, 11) is 3.35. The minimum absolute atomic E-state index is 0.119. The molecule has 9 nitrogen and oxygen atoms in total. The number of aliphatic hydroxyl groups is 1. The Labute approximate surface area is 191 Å². The highest BCUT2D eigenvalue weighted by Crippen LogP contribution is 2.35. The number of carbonyl (C=O) groups excluding carboxylic acids is 1. The van der Waals surface area contributed by atoms with Crippen LogP contribution in [0.4, 0.5) is 17.1 Å². The van der Waals surface area contributed by atoms with Crippen LogP contribution in [0, 0.1) is 11.3 Å². The number of likely N-dealkylation sites (N-methyl/N-ethyl adjacent to an activating group) is 1. The van der Waals surface area contributed by atoms with Gasteiger partial charge in [-0.3, -0.25) is 4.79 Å². The monoisotopic (exact) mass is 456 g/mol. The van der Waals surface area contributed by atoms with Crippen molar-refractivity contribution < 1.29 is 14.6 Å². The summed E-state index contributed by atoms with van der Waals surface area (Å²) in [5.74, 6) is -0.183. The molecule has 0 fully saturated rings. The Morgan fingerprint density at radius 3 is 2.94 bits per heavy atom. The number of carbonyl (C=O) groups is 1. The minimum atomic E-state index is -0.850. The molecule has 0 radical (unpaired) electrons. The highest BCUT2D eigenvalue weighted by atomic mass is 35.5. The molecule has 3 rings (SSSR count). The van der Waals surface area contributed by atoms with Crippen LogP contribution in [0.2, 0.25) is 5.15 Å². The first kappa shape index (κ1) is 23.3. The lowest BCUT2D eigenvalue weighted by Gasteiger charge is -2.33. The van der Waals surface area contributed by atoms with Gasteiger partial charge in [0.05, 0.1) is 12.3 Å². The Kier molecular flexibility index (Phi) is 7.53. The molecule has 32 heavy (non-hydrogen) atoms. The zero-order chi connectivity index (χ0) is 23.3. The number of nitrogens with one attached hydrogen (secondary N) is 3. The Morgan fingerprint density at radius 1 is 1.44 bits per heavy atom. The number of methoxy groups -OCH3 is 1. The van der Waals surface area contributed by atoms with Gasteiger partial charge in [0.15, 0.2) is 0 Å². The van der Waals surface area contributed by atoms with Crippen molar-refractivity contribution in [1.29, 1.82) is 5.26 Å². The van der Waals surface area contributed by atoms with E-state index in [2.05, 4.69) is 27.0 Å². The number of halogens is 1. The van der Waals surface area contributed by atoms with Crippen LogP contribution in [0.5, 0.6) is 0 Å². The van der Waals surface area contributed by atoms with Gasteiger partial charge in [-0.15, -0.1) is 0 Å². The molecule has 2 atom stereocenters. The average molecular weight is 457 g/mol. The van der Waals surface area contributed by atoms with Crippen LogP contribution >= 0.6 is 11.6 Å². The Morgan fingerprint density at radius 2 is 2.22 bits per heavy atom. The third-order valence-corrected chi connectivity index (χ3v) is 5.33. The number of rotatable bonds is 8. The summed E-state index contributed by atoms with van der Waals surface area (Å²) in [5, 5.41) is 29.1. The van der Waals surface area contributed by atoms with Gasteiger partial charge >= 0.3 is 0 Å². The molecule has 2 aromatic rings. The quantitative estimate of drug-likeness (QED) is 0.352. The fourth-order valence-electron chi connectivity index (χ4n) is 3.29. The zero-order valence-corrected chi connectivity index (χ0v) is 18.8. The Bertz CT molecular complexity index is 1070. The first-order valence-corrected chi connectivity index (χ1v) is 10.4. The lowest BCUT2D eigenvalue weighted by atomic mass is 10.0. The van der Waals surface area contributed by atoms with Crippen LogP contribution in [0.15, 0.2) is 36.5 Å². The Hall–Kier alpha value is -3.32. The van der Waals surface area contributed by atoms with E-state index >= 15 is 0 Å². The molecule has 2 heterocycles. The molecule has 1 aromatic carbocycles. The van der Waals surface area contributed by atoms with Crippen molar-refractivity contribution in [2.75, 3.05) is 37.5 Å². The van der Waals surface area contributed by atoms with E-state index in [-0.39, 0.29) is 16.6 Å². The van der Waals surface area contributed by atoms with Gasteiger partial charge in [-0.2, -0.15) is 5.26 Å². The molecule has 10 heteroatoms. The number of hydrogen-bond acceptors (Lipinski definition) is 8. The first-order chi connectivity index (χ1) is 15.3. The summed E-state index contributed by atoms with van der Waals surface area (Å²) in [6.45, 7) is 2.58. The van der Waals surface area contributed by atoms with E-state index in [1.54, 1.807) is 38.1 Å². The van der Waals surface area contributed by atoms with Gasteiger partial charge in [0.1, 0.15) is 29.1 Å². The number of amides is 1. The first-order valence-electron chi connectivity index (χ1n) is 9.97.